The van der Waals surface area contributed by atoms with E-state index in [0.29, 0.717) is 25.4 Å². The molecule has 0 unspecified atom stereocenters. The van der Waals surface area contributed by atoms with Gasteiger partial charge in [-0.15, -0.1) is 5.10 Å². The summed E-state index contributed by atoms with van der Waals surface area (Å²) in [5.74, 6) is -0.747. The van der Waals surface area contributed by atoms with Crippen molar-refractivity contribution in [2.45, 2.75) is 26.4 Å². The van der Waals surface area contributed by atoms with Crippen LogP contribution in [0.5, 0.6) is 0 Å². The van der Waals surface area contributed by atoms with Crippen LogP contribution in [0.2, 0.25) is 0 Å². The number of esters is 1. The van der Waals surface area contributed by atoms with Gasteiger partial charge in [0.05, 0.1) is 11.8 Å². The van der Waals surface area contributed by atoms with E-state index in [2.05, 4.69) is 15.4 Å². The third-order valence-electron chi connectivity index (χ3n) is 4.25. The SMILES string of the molecule is CC(C)OCCCNC(=O)COC(=O)c1nc(-c2ccccc2)n(-c2ccccc2)n1. The minimum absolute atomic E-state index is 0.110. The number of benzene rings is 2. The van der Waals surface area contributed by atoms with Gasteiger partial charge in [-0.2, -0.15) is 0 Å². The van der Waals surface area contributed by atoms with Crippen molar-refractivity contribution in [3.05, 3.63) is 66.5 Å². The Kier molecular flexibility index (Phi) is 7.89. The van der Waals surface area contributed by atoms with Gasteiger partial charge < -0.3 is 14.8 Å². The van der Waals surface area contributed by atoms with Crippen LogP contribution in [0.3, 0.4) is 0 Å². The third kappa shape index (κ3) is 6.48. The van der Waals surface area contributed by atoms with E-state index in [1.807, 2.05) is 74.5 Å². The van der Waals surface area contributed by atoms with Gasteiger partial charge in [0.25, 0.3) is 11.7 Å². The fourth-order valence-corrected chi connectivity index (χ4v) is 2.79. The first-order chi connectivity index (χ1) is 15.0. The summed E-state index contributed by atoms with van der Waals surface area (Å²) in [5.41, 5.74) is 1.56. The summed E-state index contributed by atoms with van der Waals surface area (Å²) in [4.78, 5) is 28.8. The number of ether oxygens (including phenoxy) is 2. The molecule has 0 aliphatic rings. The Morgan fingerprint density at radius 3 is 2.39 bits per heavy atom. The van der Waals surface area contributed by atoms with Crippen LogP contribution in [-0.4, -0.2) is 52.5 Å². The van der Waals surface area contributed by atoms with Crippen molar-refractivity contribution in [1.82, 2.24) is 20.1 Å². The van der Waals surface area contributed by atoms with Crippen molar-refractivity contribution in [3.63, 3.8) is 0 Å². The van der Waals surface area contributed by atoms with Crippen LogP contribution in [0, 0.1) is 0 Å². The number of carbonyl (C=O) groups is 2. The Balaban J connectivity index is 1.64. The zero-order chi connectivity index (χ0) is 22.1. The number of hydrogen-bond donors (Lipinski definition) is 1. The molecule has 1 amide bonds. The number of nitrogens with one attached hydrogen (secondary N) is 1. The van der Waals surface area contributed by atoms with Crippen molar-refractivity contribution in [3.8, 4) is 17.1 Å². The number of nitrogens with zero attached hydrogens (tertiary/aromatic N) is 3. The molecule has 0 spiro atoms. The second-order valence-corrected chi connectivity index (χ2v) is 7.07. The molecule has 0 saturated heterocycles. The lowest BCUT2D eigenvalue weighted by molar-refractivity contribution is -0.124. The smallest absolute Gasteiger partial charge is 0.378 e. The molecule has 1 aromatic heterocycles. The minimum atomic E-state index is -0.759. The quantitative estimate of drug-likeness (QED) is 0.399. The first-order valence-corrected chi connectivity index (χ1v) is 10.2. The van der Waals surface area contributed by atoms with Crippen molar-refractivity contribution >= 4 is 11.9 Å². The highest BCUT2D eigenvalue weighted by Gasteiger charge is 2.20. The van der Waals surface area contributed by atoms with Crippen LogP contribution in [-0.2, 0) is 14.3 Å². The monoisotopic (exact) mass is 422 g/mol. The van der Waals surface area contributed by atoms with E-state index in [0.717, 1.165) is 11.3 Å². The largest absolute Gasteiger partial charge is 0.450 e. The zero-order valence-electron chi connectivity index (χ0n) is 17.7. The zero-order valence-corrected chi connectivity index (χ0v) is 17.7. The fraction of sp³-hybridized carbons (Fsp3) is 0.304. The summed E-state index contributed by atoms with van der Waals surface area (Å²) in [5, 5.41) is 7.01. The summed E-state index contributed by atoms with van der Waals surface area (Å²) >= 11 is 0. The molecule has 31 heavy (non-hydrogen) atoms. The number of carbonyl (C=O) groups excluding carboxylic acids is 2. The third-order valence-corrected chi connectivity index (χ3v) is 4.25. The lowest BCUT2D eigenvalue weighted by atomic mass is 10.2. The summed E-state index contributed by atoms with van der Waals surface area (Å²) in [6, 6.07) is 18.8. The molecular weight excluding hydrogens is 396 g/mol. The number of amides is 1. The van der Waals surface area contributed by atoms with Gasteiger partial charge >= 0.3 is 5.97 Å². The van der Waals surface area contributed by atoms with Crippen molar-refractivity contribution in [1.29, 1.82) is 0 Å². The van der Waals surface area contributed by atoms with Crippen LogP contribution < -0.4 is 5.32 Å². The van der Waals surface area contributed by atoms with Crippen molar-refractivity contribution in [2.24, 2.45) is 0 Å². The highest BCUT2D eigenvalue weighted by Crippen LogP contribution is 2.21. The summed E-state index contributed by atoms with van der Waals surface area (Å²) in [7, 11) is 0. The van der Waals surface area contributed by atoms with E-state index >= 15 is 0 Å². The van der Waals surface area contributed by atoms with Crippen molar-refractivity contribution in [2.75, 3.05) is 19.8 Å². The van der Waals surface area contributed by atoms with E-state index < -0.39 is 12.6 Å². The van der Waals surface area contributed by atoms with E-state index in [1.54, 1.807) is 4.68 Å². The molecule has 3 rings (SSSR count). The summed E-state index contributed by atoms with van der Waals surface area (Å²) < 4.78 is 12.1. The Hall–Kier alpha value is -3.52. The van der Waals surface area contributed by atoms with Crippen LogP contribution in [0.25, 0.3) is 17.1 Å². The highest BCUT2D eigenvalue weighted by atomic mass is 16.5. The number of aromatic nitrogens is 3. The maximum absolute atomic E-state index is 12.5. The molecule has 8 heteroatoms. The molecule has 0 radical (unpaired) electrons. The Morgan fingerprint density at radius 1 is 1.03 bits per heavy atom. The molecule has 0 aliphatic heterocycles. The van der Waals surface area contributed by atoms with Crippen LogP contribution >= 0.6 is 0 Å². The van der Waals surface area contributed by atoms with Crippen LogP contribution in [0.4, 0.5) is 0 Å². The summed E-state index contributed by atoms with van der Waals surface area (Å²) in [6.45, 7) is 4.51. The number of hydrogen-bond acceptors (Lipinski definition) is 6. The van der Waals surface area contributed by atoms with Crippen LogP contribution in [0.1, 0.15) is 30.9 Å². The molecule has 8 nitrogen and oxygen atoms in total. The standard InChI is InChI=1S/C23H26N4O4/c1-17(2)30-15-9-14-24-20(28)16-31-23(29)21-25-22(18-10-5-3-6-11-18)27(26-21)19-12-7-4-8-13-19/h3-8,10-13,17H,9,14-16H2,1-2H3,(H,24,28). The maximum Gasteiger partial charge on any atom is 0.378 e. The lowest BCUT2D eigenvalue weighted by Crippen LogP contribution is -2.30. The van der Waals surface area contributed by atoms with Gasteiger partial charge in [0, 0.05) is 18.7 Å². The predicted octanol–water partition coefficient (Wildman–Crippen LogP) is 3.02. The molecule has 0 fully saturated rings. The average Bonchev–Trinajstić information content (AvgIpc) is 3.24. The minimum Gasteiger partial charge on any atom is -0.450 e. The van der Waals surface area contributed by atoms with E-state index in [9.17, 15) is 9.59 Å². The second kappa shape index (κ2) is 11.0. The number of rotatable bonds is 10. The van der Waals surface area contributed by atoms with Gasteiger partial charge in [-0.1, -0.05) is 48.5 Å². The summed E-state index contributed by atoms with van der Waals surface area (Å²) in [6.07, 6.45) is 0.835. The normalized spacial score (nSPS) is 10.8. The van der Waals surface area contributed by atoms with E-state index in [4.69, 9.17) is 9.47 Å². The van der Waals surface area contributed by atoms with Gasteiger partial charge in [-0.05, 0) is 32.4 Å². The topological polar surface area (TPSA) is 95.3 Å². The van der Waals surface area contributed by atoms with Gasteiger partial charge in [-0.25, -0.2) is 14.5 Å². The second-order valence-electron chi connectivity index (χ2n) is 7.07. The fourth-order valence-electron chi connectivity index (χ4n) is 2.79. The maximum atomic E-state index is 12.5. The van der Waals surface area contributed by atoms with Gasteiger partial charge in [0.1, 0.15) is 0 Å². The first-order valence-electron chi connectivity index (χ1n) is 10.2. The highest BCUT2D eigenvalue weighted by molar-refractivity contribution is 5.88. The molecule has 162 valence electrons. The Labute approximate surface area is 181 Å². The molecule has 1 N–H and O–H groups in total. The molecule has 1 heterocycles. The Bertz CT molecular complexity index is 930. The van der Waals surface area contributed by atoms with E-state index in [1.165, 1.54) is 0 Å². The van der Waals surface area contributed by atoms with E-state index in [-0.39, 0.29) is 17.8 Å². The van der Waals surface area contributed by atoms with Gasteiger partial charge in [-0.3, -0.25) is 4.79 Å². The van der Waals surface area contributed by atoms with Crippen molar-refractivity contribution < 1.29 is 19.1 Å². The molecule has 2 aromatic carbocycles. The lowest BCUT2D eigenvalue weighted by Gasteiger charge is -2.08. The van der Waals surface area contributed by atoms with Gasteiger partial charge in [0.2, 0.25) is 0 Å². The molecule has 0 saturated carbocycles. The molecule has 0 bridgehead atoms. The van der Waals surface area contributed by atoms with Gasteiger partial charge in [0.15, 0.2) is 12.4 Å². The average molecular weight is 422 g/mol. The molecule has 3 aromatic rings. The number of para-hydroxylation sites is 1. The Morgan fingerprint density at radius 2 is 1.71 bits per heavy atom. The molecular formula is C23H26N4O4. The predicted molar refractivity (Wildman–Crippen MR) is 116 cm³/mol. The van der Waals surface area contributed by atoms with Crippen LogP contribution in [0.15, 0.2) is 60.7 Å². The molecule has 0 atom stereocenters. The molecule has 0 aliphatic carbocycles. The first kappa shape index (κ1) is 22.2.